The smallest absolute Gasteiger partial charge is 0.0234 e. The Bertz CT molecular complexity index is 157. The van der Waals surface area contributed by atoms with Crippen molar-refractivity contribution in [3.63, 3.8) is 0 Å². The highest BCUT2D eigenvalue weighted by Gasteiger charge is 2.11. The summed E-state index contributed by atoms with van der Waals surface area (Å²) in [4.78, 5) is 0. The van der Waals surface area contributed by atoms with Crippen molar-refractivity contribution in [3.05, 3.63) is 12.2 Å². The van der Waals surface area contributed by atoms with Crippen molar-refractivity contribution in [2.24, 2.45) is 17.8 Å². The van der Waals surface area contributed by atoms with Crippen LogP contribution in [0.1, 0.15) is 66.7 Å². The van der Waals surface area contributed by atoms with Crippen LogP contribution in [-0.4, -0.2) is 0 Å². The molecule has 3 unspecified atom stereocenters. The molecule has 0 aliphatic heterocycles. The average molecular weight is 210 g/mol. The van der Waals surface area contributed by atoms with E-state index in [1.165, 1.54) is 32.1 Å². The van der Waals surface area contributed by atoms with E-state index >= 15 is 0 Å². The van der Waals surface area contributed by atoms with Gasteiger partial charge in [0.05, 0.1) is 0 Å². The second kappa shape index (κ2) is 9.00. The zero-order valence-electron chi connectivity index (χ0n) is 11.4. The molecule has 15 heavy (non-hydrogen) atoms. The molecule has 0 saturated heterocycles. The maximum Gasteiger partial charge on any atom is -0.0234 e. The third-order valence-electron chi connectivity index (χ3n) is 3.41. The lowest BCUT2D eigenvalue weighted by molar-refractivity contribution is 0.374. The highest BCUT2D eigenvalue weighted by Crippen LogP contribution is 2.23. The van der Waals surface area contributed by atoms with Gasteiger partial charge in [0.25, 0.3) is 0 Å². The highest BCUT2D eigenvalue weighted by atomic mass is 14.2. The lowest BCUT2D eigenvalue weighted by Crippen LogP contribution is -2.08. The van der Waals surface area contributed by atoms with Gasteiger partial charge in [-0.25, -0.2) is 0 Å². The van der Waals surface area contributed by atoms with E-state index in [9.17, 15) is 0 Å². The van der Waals surface area contributed by atoms with Gasteiger partial charge in [-0.2, -0.15) is 0 Å². The van der Waals surface area contributed by atoms with Crippen molar-refractivity contribution >= 4 is 0 Å². The van der Waals surface area contributed by atoms with Crippen molar-refractivity contribution in [2.45, 2.75) is 66.7 Å². The molecular weight excluding hydrogens is 180 g/mol. The normalized spacial score (nSPS) is 17.9. The largest absolute Gasteiger partial charge is 0.0854 e. The first-order valence-corrected chi connectivity index (χ1v) is 6.83. The second-order valence-corrected chi connectivity index (χ2v) is 4.97. The Hall–Kier alpha value is -0.260. The van der Waals surface area contributed by atoms with Gasteiger partial charge in [0.15, 0.2) is 0 Å². The van der Waals surface area contributed by atoms with Gasteiger partial charge in [0.1, 0.15) is 0 Å². The van der Waals surface area contributed by atoms with Crippen LogP contribution in [0, 0.1) is 17.8 Å². The molecule has 0 aliphatic carbocycles. The van der Waals surface area contributed by atoms with Crippen LogP contribution in [0.4, 0.5) is 0 Å². The Morgan fingerprint density at radius 2 is 1.47 bits per heavy atom. The standard InChI is InChI=1S/C15H30/c1-6-9-13(4)11-12-14(5)15(8-3)10-7-2/h11-15H,6-10H2,1-5H3. The van der Waals surface area contributed by atoms with Crippen molar-refractivity contribution in [2.75, 3.05) is 0 Å². The first kappa shape index (κ1) is 14.7. The molecule has 0 heteroatoms. The predicted molar refractivity (Wildman–Crippen MR) is 71.1 cm³/mol. The van der Waals surface area contributed by atoms with Crippen LogP contribution in [0.15, 0.2) is 12.2 Å². The first-order valence-electron chi connectivity index (χ1n) is 6.83. The summed E-state index contributed by atoms with van der Waals surface area (Å²) in [6, 6.07) is 0. The fourth-order valence-corrected chi connectivity index (χ4v) is 2.28. The number of rotatable bonds is 8. The molecule has 0 heterocycles. The van der Waals surface area contributed by atoms with Gasteiger partial charge in [-0.05, 0) is 24.2 Å². The Labute approximate surface area is 97.2 Å². The number of hydrogen-bond donors (Lipinski definition) is 0. The van der Waals surface area contributed by atoms with Gasteiger partial charge in [-0.1, -0.05) is 72.5 Å². The molecule has 0 amide bonds. The Morgan fingerprint density at radius 1 is 0.867 bits per heavy atom. The van der Waals surface area contributed by atoms with Crippen molar-refractivity contribution in [1.82, 2.24) is 0 Å². The first-order chi connectivity index (χ1) is 7.15. The van der Waals surface area contributed by atoms with Crippen molar-refractivity contribution < 1.29 is 0 Å². The molecule has 0 rings (SSSR count). The summed E-state index contributed by atoms with van der Waals surface area (Å²) >= 11 is 0. The van der Waals surface area contributed by atoms with E-state index in [1.807, 2.05) is 0 Å². The lowest BCUT2D eigenvalue weighted by Gasteiger charge is -2.19. The monoisotopic (exact) mass is 210 g/mol. The van der Waals surface area contributed by atoms with E-state index in [0.717, 1.165) is 17.8 Å². The molecule has 0 bridgehead atoms. The molecule has 0 aromatic carbocycles. The van der Waals surface area contributed by atoms with Gasteiger partial charge in [0.2, 0.25) is 0 Å². The molecule has 0 aromatic rings. The van der Waals surface area contributed by atoms with Gasteiger partial charge in [-0.15, -0.1) is 0 Å². The summed E-state index contributed by atoms with van der Waals surface area (Å²) in [5, 5.41) is 0. The molecular formula is C15H30. The number of allylic oxidation sites excluding steroid dienone is 2. The summed E-state index contributed by atoms with van der Waals surface area (Å²) in [5.41, 5.74) is 0. The van der Waals surface area contributed by atoms with E-state index < -0.39 is 0 Å². The molecule has 0 nitrogen and oxygen atoms in total. The van der Waals surface area contributed by atoms with Gasteiger partial charge in [0, 0.05) is 0 Å². The fraction of sp³-hybridized carbons (Fsp3) is 0.867. The SMILES string of the molecule is CCCC(C)C=CC(C)C(CC)CCC. The van der Waals surface area contributed by atoms with Crippen LogP contribution in [0.2, 0.25) is 0 Å². The minimum Gasteiger partial charge on any atom is -0.0854 e. The molecule has 0 aromatic heterocycles. The summed E-state index contributed by atoms with van der Waals surface area (Å²) in [7, 11) is 0. The Kier molecular flexibility index (Phi) is 8.85. The minimum absolute atomic E-state index is 0.759. The van der Waals surface area contributed by atoms with E-state index in [1.54, 1.807) is 0 Å². The third kappa shape index (κ3) is 6.76. The van der Waals surface area contributed by atoms with E-state index in [2.05, 4.69) is 46.8 Å². The zero-order valence-corrected chi connectivity index (χ0v) is 11.4. The molecule has 0 radical (unpaired) electrons. The van der Waals surface area contributed by atoms with Gasteiger partial charge >= 0.3 is 0 Å². The quantitative estimate of drug-likeness (QED) is 0.468. The van der Waals surface area contributed by atoms with Crippen LogP contribution in [0.3, 0.4) is 0 Å². The van der Waals surface area contributed by atoms with Gasteiger partial charge in [-0.3, -0.25) is 0 Å². The summed E-state index contributed by atoms with van der Waals surface area (Å²) in [5.74, 6) is 2.41. The minimum atomic E-state index is 0.759. The Morgan fingerprint density at radius 3 is 1.93 bits per heavy atom. The summed E-state index contributed by atoms with van der Waals surface area (Å²) < 4.78 is 0. The maximum absolute atomic E-state index is 2.45. The molecule has 3 atom stereocenters. The van der Waals surface area contributed by atoms with E-state index in [0.29, 0.717) is 0 Å². The Balaban J connectivity index is 4.01. The maximum atomic E-state index is 2.45. The van der Waals surface area contributed by atoms with Crippen molar-refractivity contribution in [1.29, 1.82) is 0 Å². The topological polar surface area (TPSA) is 0 Å². The average Bonchev–Trinajstić information content (AvgIpc) is 2.23. The molecule has 0 spiro atoms. The fourth-order valence-electron chi connectivity index (χ4n) is 2.28. The lowest BCUT2D eigenvalue weighted by atomic mass is 9.87. The van der Waals surface area contributed by atoms with E-state index in [-0.39, 0.29) is 0 Å². The summed E-state index contributed by atoms with van der Waals surface area (Å²) in [6.45, 7) is 11.6. The van der Waals surface area contributed by atoms with Crippen LogP contribution >= 0.6 is 0 Å². The molecule has 90 valence electrons. The zero-order chi connectivity index (χ0) is 11.7. The highest BCUT2D eigenvalue weighted by molar-refractivity contribution is 4.92. The van der Waals surface area contributed by atoms with Crippen LogP contribution in [0.5, 0.6) is 0 Å². The summed E-state index contributed by atoms with van der Waals surface area (Å²) in [6.07, 6.45) is 11.5. The molecule has 0 saturated carbocycles. The molecule has 0 fully saturated rings. The number of hydrogen-bond acceptors (Lipinski definition) is 0. The molecule has 0 N–H and O–H groups in total. The van der Waals surface area contributed by atoms with Crippen molar-refractivity contribution in [3.8, 4) is 0 Å². The van der Waals surface area contributed by atoms with Gasteiger partial charge < -0.3 is 0 Å². The second-order valence-electron chi connectivity index (χ2n) is 4.97. The van der Waals surface area contributed by atoms with Crippen LogP contribution < -0.4 is 0 Å². The molecule has 0 aliphatic rings. The van der Waals surface area contributed by atoms with E-state index in [4.69, 9.17) is 0 Å². The third-order valence-corrected chi connectivity index (χ3v) is 3.41. The predicted octanol–water partition coefficient (Wildman–Crippen LogP) is 5.44. The van der Waals surface area contributed by atoms with Crippen LogP contribution in [-0.2, 0) is 0 Å². The van der Waals surface area contributed by atoms with Crippen LogP contribution in [0.25, 0.3) is 0 Å².